The molecule has 4 heteroatoms. The van der Waals surface area contributed by atoms with Crippen molar-refractivity contribution in [3.05, 3.63) is 23.3 Å². The van der Waals surface area contributed by atoms with Crippen LogP contribution in [0.2, 0.25) is 0 Å². The van der Waals surface area contributed by atoms with Gasteiger partial charge in [-0.3, -0.25) is 0 Å². The highest BCUT2D eigenvalue weighted by Crippen LogP contribution is 2.18. The smallest absolute Gasteiger partial charge is 0.488 e. The van der Waals surface area contributed by atoms with Crippen LogP contribution in [0.15, 0.2) is 12.1 Å². The fourth-order valence-corrected chi connectivity index (χ4v) is 1.13. The number of hydrogen-bond acceptors (Lipinski definition) is 3. The van der Waals surface area contributed by atoms with E-state index in [2.05, 4.69) is 0 Å². The molecule has 0 saturated heterocycles. The van der Waals surface area contributed by atoms with Crippen molar-refractivity contribution in [2.24, 2.45) is 0 Å². The average Bonchev–Trinajstić information content (AvgIpc) is 2.00. The van der Waals surface area contributed by atoms with E-state index in [0.29, 0.717) is 11.0 Å². The summed E-state index contributed by atoms with van der Waals surface area (Å²) in [5.74, 6) is 0.126. The number of rotatable bonds is 1. The molecule has 0 aliphatic heterocycles. The quantitative estimate of drug-likeness (QED) is 0.501. The van der Waals surface area contributed by atoms with Gasteiger partial charge in [-0.2, -0.15) is 0 Å². The largest absolute Gasteiger partial charge is 0.507 e. The van der Waals surface area contributed by atoms with Crippen LogP contribution < -0.4 is 5.46 Å². The molecule has 0 heterocycles. The second-order valence-electron chi connectivity index (χ2n) is 2.82. The molecule has 3 N–H and O–H groups in total. The molecule has 0 saturated carbocycles. The van der Waals surface area contributed by atoms with Gasteiger partial charge in [-0.25, -0.2) is 0 Å². The van der Waals surface area contributed by atoms with Gasteiger partial charge in [0.05, 0.1) is 0 Å². The molecule has 64 valence electrons. The van der Waals surface area contributed by atoms with Gasteiger partial charge >= 0.3 is 7.12 Å². The third-order valence-electron chi connectivity index (χ3n) is 1.95. The minimum atomic E-state index is -1.52. The summed E-state index contributed by atoms with van der Waals surface area (Å²) < 4.78 is 0. The van der Waals surface area contributed by atoms with Gasteiger partial charge in [0.15, 0.2) is 0 Å². The highest BCUT2D eigenvalue weighted by atomic mass is 16.4. The Hall–Kier alpha value is -0.995. The van der Waals surface area contributed by atoms with E-state index < -0.39 is 7.12 Å². The van der Waals surface area contributed by atoms with Crippen LogP contribution in [0.3, 0.4) is 0 Å². The van der Waals surface area contributed by atoms with E-state index in [1.807, 2.05) is 0 Å². The molecule has 0 aromatic heterocycles. The molecule has 0 unspecified atom stereocenters. The molecule has 0 atom stereocenters. The molecule has 0 spiro atoms. The molecule has 0 aliphatic carbocycles. The van der Waals surface area contributed by atoms with Crippen LogP contribution in [0.1, 0.15) is 11.1 Å². The lowest BCUT2D eigenvalue weighted by Crippen LogP contribution is -2.32. The lowest BCUT2D eigenvalue weighted by molar-refractivity contribution is 0.424. The SMILES string of the molecule is Cc1ccc(B(O)O)c(C)c1O. The summed E-state index contributed by atoms with van der Waals surface area (Å²) in [6.07, 6.45) is 0. The number of phenolic OH excluding ortho intramolecular Hbond substituents is 1. The van der Waals surface area contributed by atoms with Crippen molar-refractivity contribution in [2.45, 2.75) is 13.8 Å². The van der Waals surface area contributed by atoms with E-state index in [9.17, 15) is 5.11 Å². The first-order chi connectivity index (χ1) is 5.54. The molecule has 1 rings (SSSR count). The first-order valence-corrected chi connectivity index (χ1v) is 3.69. The van der Waals surface area contributed by atoms with Gasteiger partial charge < -0.3 is 15.2 Å². The lowest BCUT2D eigenvalue weighted by Gasteiger charge is -2.08. The van der Waals surface area contributed by atoms with Gasteiger partial charge in [-0.05, 0) is 30.4 Å². The second kappa shape index (κ2) is 3.17. The molecule has 0 aliphatic rings. The zero-order valence-electron chi connectivity index (χ0n) is 7.07. The molecular weight excluding hydrogens is 155 g/mol. The van der Waals surface area contributed by atoms with Gasteiger partial charge in [0.25, 0.3) is 0 Å². The Kier molecular flexibility index (Phi) is 2.40. The van der Waals surface area contributed by atoms with Gasteiger partial charge in [0, 0.05) is 0 Å². The fourth-order valence-electron chi connectivity index (χ4n) is 1.13. The van der Waals surface area contributed by atoms with Crippen molar-refractivity contribution in [1.29, 1.82) is 0 Å². The molecule has 12 heavy (non-hydrogen) atoms. The van der Waals surface area contributed by atoms with Crippen LogP contribution in [0.4, 0.5) is 0 Å². The van der Waals surface area contributed by atoms with Gasteiger partial charge in [0.2, 0.25) is 0 Å². The Morgan fingerprint density at radius 2 is 1.75 bits per heavy atom. The third kappa shape index (κ3) is 1.44. The predicted octanol–water partition coefficient (Wildman–Crippen LogP) is -0.311. The Labute approximate surface area is 71.4 Å². The standard InChI is InChI=1S/C8H11BO3/c1-5-3-4-7(9(11)12)6(2)8(5)10/h3-4,10-12H,1-2H3. The average molecular weight is 166 g/mol. The molecule has 3 nitrogen and oxygen atoms in total. The maximum atomic E-state index is 9.41. The second-order valence-corrected chi connectivity index (χ2v) is 2.82. The van der Waals surface area contributed by atoms with Crippen LogP contribution in [0.25, 0.3) is 0 Å². The van der Waals surface area contributed by atoms with E-state index in [0.717, 1.165) is 5.56 Å². The Balaban J connectivity index is 3.27. The number of aromatic hydroxyl groups is 1. The molecule has 0 amide bonds. The summed E-state index contributed by atoms with van der Waals surface area (Å²) in [5.41, 5.74) is 1.60. The summed E-state index contributed by atoms with van der Waals surface area (Å²) in [6.45, 7) is 3.41. The van der Waals surface area contributed by atoms with Crippen LogP contribution in [-0.2, 0) is 0 Å². The molecule has 0 radical (unpaired) electrons. The molecule has 0 fully saturated rings. The first-order valence-electron chi connectivity index (χ1n) is 3.69. The van der Waals surface area contributed by atoms with E-state index in [1.165, 1.54) is 0 Å². The van der Waals surface area contributed by atoms with E-state index in [1.54, 1.807) is 26.0 Å². The van der Waals surface area contributed by atoms with Crippen LogP contribution in [-0.4, -0.2) is 22.3 Å². The maximum Gasteiger partial charge on any atom is 0.488 e. The Bertz CT molecular complexity index is 297. The number of benzene rings is 1. The zero-order chi connectivity index (χ0) is 9.30. The van der Waals surface area contributed by atoms with Crippen LogP contribution >= 0.6 is 0 Å². The van der Waals surface area contributed by atoms with E-state index >= 15 is 0 Å². The van der Waals surface area contributed by atoms with Crippen molar-refractivity contribution >= 4 is 12.6 Å². The number of phenols is 1. The molecular formula is C8H11BO3. The topological polar surface area (TPSA) is 60.7 Å². The number of aryl methyl sites for hydroxylation is 1. The van der Waals surface area contributed by atoms with Crippen LogP contribution in [0, 0.1) is 13.8 Å². The normalized spacial score (nSPS) is 10.0. The lowest BCUT2D eigenvalue weighted by atomic mass is 9.76. The summed E-state index contributed by atoms with van der Waals surface area (Å²) in [6, 6.07) is 3.24. The molecule has 1 aromatic rings. The van der Waals surface area contributed by atoms with Gasteiger partial charge in [0.1, 0.15) is 5.75 Å². The third-order valence-corrected chi connectivity index (χ3v) is 1.95. The summed E-state index contributed by atoms with van der Waals surface area (Å²) in [4.78, 5) is 0. The van der Waals surface area contributed by atoms with Gasteiger partial charge in [-0.15, -0.1) is 0 Å². The Morgan fingerprint density at radius 3 is 2.25 bits per heavy atom. The maximum absolute atomic E-state index is 9.41. The minimum absolute atomic E-state index is 0.126. The van der Waals surface area contributed by atoms with Gasteiger partial charge in [-0.1, -0.05) is 12.1 Å². The summed E-state index contributed by atoms with van der Waals surface area (Å²) in [7, 11) is -1.52. The Morgan fingerprint density at radius 1 is 1.17 bits per heavy atom. The number of hydrogen-bond donors (Lipinski definition) is 3. The highest BCUT2D eigenvalue weighted by Gasteiger charge is 2.16. The van der Waals surface area contributed by atoms with Crippen molar-refractivity contribution in [3.8, 4) is 5.75 Å². The van der Waals surface area contributed by atoms with Crippen molar-refractivity contribution in [3.63, 3.8) is 0 Å². The van der Waals surface area contributed by atoms with E-state index in [-0.39, 0.29) is 5.75 Å². The molecule has 1 aromatic carbocycles. The molecule has 0 bridgehead atoms. The first kappa shape index (κ1) is 9.10. The van der Waals surface area contributed by atoms with E-state index in [4.69, 9.17) is 10.0 Å². The highest BCUT2D eigenvalue weighted by molar-refractivity contribution is 6.59. The summed E-state index contributed by atoms with van der Waals surface area (Å²) in [5, 5.41) is 27.1. The fraction of sp³-hybridized carbons (Fsp3) is 0.250. The van der Waals surface area contributed by atoms with Crippen molar-refractivity contribution < 1.29 is 15.2 Å². The minimum Gasteiger partial charge on any atom is -0.507 e. The van der Waals surface area contributed by atoms with Crippen molar-refractivity contribution in [2.75, 3.05) is 0 Å². The zero-order valence-corrected chi connectivity index (χ0v) is 7.07. The predicted molar refractivity (Wildman–Crippen MR) is 47.4 cm³/mol. The monoisotopic (exact) mass is 166 g/mol. The van der Waals surface area contributed by atoms with Crippen molar-refractivity contribution in [1.82, 2.24) is 0 Å². The van der Waals surface area contributed by atoms with Crippen LogP contribution in [0.5, 0.6) is 5.75 Å². The summed E-state index contributed by atoms with van der Waals surface area (Å²) >= 11 is 0.